The van der Waals surface area contributed by atoms with Crippen LogP contribution in [0.15, 0.2) is 41.8 Å². The molecule has 2 aromatic heterocycles. The third kappa shape index (κ3) is 5.06. The number of thiophene rings is 1. The minimum Gasteiger partial charge on any atom is -0.469 e. The molecule has 1 amide bonds. The molecule has 0 radical (unpaired) electrons. The van der Waals surface area contributed by atoms with Crippen LogP contribution >= 0.6 is 22.7 Å². The SMILES string of the molecule is COC(=O)CC(NC(=O)c1sc(-c2ccc(C(F)(F)F)cc2)nc1C)c1cccs1. The number of rotatable bonds is 6. The van der Waals surface area contributed by atoms with Crippen LogP contribution in [0.5, 0.6) is 0 Å². The van der Waals surface area contributed by atoms with Gasteiger partial charge in [-0.1, -0.05) is 18.2 Å². The molecule has 3 aromatic rings. The van der Waals surface area contributed by atoms with Gasteiger partial charge in [-0.3, -0.25) is 9.59 Å². The molecular weight excluding hydrogens is 437 g/mol. The van der Waals surface area contributed by atoms with Gasteiger partial charge in [-0.05, 0) is 30.5 Å². The van der Waals surface area contributed by atoms with Crippen LogP contribution in [0.25, 0.3) is 10.6 Å². The average molecular weight is 454 g/mol. The van der Waals surface area contributed by atoms with Crippen molar-refractivity contribution in [2.75, 3.05) is 7.11 Å². The molecule has 1 aromatic carbocycles. The number of hydrogen-bond acceptors (Lipinski definition) is 6. The molecule has 0 saturated heterocycles. The number of ether oxygens (including phenoxy) is 1. The van der Waals surface area contributed by atoms with Crippen molar-refractivity contribution < 1.29 is 27.5 Å². The Kier molecular flexibility index (Phi) is 6.57. The zero-order chi connectivity index (χ0) is 21.9. The van der Waals surface area contributed by atoms with E-state index in [2.05, 4.69) is 10.3 Å². The standard InChI is InChI=1S/C20H17F3N2O3S2/c1-11-17(18(27)25-14(10-16(26)28-2)15-4-3-9-29-15)30-19(24-11)12-5-7-13(8-6-12)20(21,22)23/h3-9,14H,10H2,1-2H3,(H,25,27). The topological polar surface area (TPSA) is 68.3 Å². The summed E-state index contributed by atoms with van der Waals surface area (Å²) in [6, 6.07) is 7.69. The highest BCUT2D eigenvalue weighted by molar-refractivity contribution is 7.17. The van der Waals surface area contributed by atoms with Gasteiger partial charge in [-0.15, -0.1) is 22.7 Å². The number of halogens is 3. The van der Waals surface area contributed by atoms with Gasteiger partial charge in [-0.25, -0.2) is 4.98 Å². The molecule has 1 N–H and O–H groups in total. The fourth-order valence-electron chi connectivity index (χ4n) is 2.72. The van der Waals surface area contributed by atoms with Crippen molar-refractivity contribution in [1.82, 2.24) is 10.3 Å². The number of benzene rings is 1. The molecule has 0 aliphatic carbocycles. The number of amides is 1. The molecule has 1 unspecified atom stereocenters. The van der Waals surface area contributed by atoms with Crippen LogP contribution in [-0.2, 0) is 15.7 Å². The molecule has 2 heterocycles. The number of esters is 1. The third-order valence-electron chi connectivity index (χ3n) is 4.25. The van der Waals surface area contributed by atoms with Gasteiger partial charge in [0.2, 0.25) is 0 Å². The maximum absolute atomic E-state index is 12.8. The number of nitrogens with zero attached hydrogens (tertiary/aromatic N) is 1. The second-order valence-corrected chi connectivity index (χ2v) is 8.31. The van der Waals surface area contributed by atoms with Crippen LogP contribution in [0.4, 0.5) is 13.2 Å². The Morgan fingerprint density at radius 2 is 1.90 bits per heavy atom. The smallest absolute Gasteiger partial charge is 0.416 e. The first-order valence-electron chi connectivity index (χ1n) is 8.75. The largest absolute Gasteiger partial charge is 0.469 e. The van der Waals surface area contributed by atoms with Crippen molar-refractivity contribution in [3.05, 3.63) is 62.8 Å². The Balaban J connectivity index is 1.81. The number of aromatic nitrogens is 1. The first kappa shape index (κ1) is 22.0. The summed E-state index contributed by atoms with van der Waals surface area (Å²) in [6.07, 6.45) is -4.44. The molecule has 5 nitrogen and oxygen atoms in total. The maximum atomic E-state index is 12.8. The van der Waals surface area contributed by atoms with E-state index in [4.69, 9.17) is 4.74 Å². The lowest BCUT2D eigenvalue weighted by Crippen LogP contribution is -2.29. The van der Waals surface area contributed by atoms with Crippen molar-refractivity contribution in [2.24, 2.45) is 0 Å². The van der Waals surface area contributed by atoms with Crippen LogP contribution in [0.1, 0.15) is 38.3 Å². The van der Waals surface area contributed by atoms with E-state index >= 15 is 0 Å². The fourth-order valence-corrected chi connectivity index (χ4v) is 4.47. The summed E-state index contributed by atoms with van der Waals surface area (Å²) in [5.74, 6) is -0.870. The van der Waals surface area contributed by atoms with E-state index < -0.39 is 29.7 Å². The van der Waals surface area contributed by atoms with Crippen LogP contribution in [0.2, 0.25) is 0 Å². The van der Waals surface area contributed by atoms with Crippen molar-refractivity contribution in [2.45, 2.75) is 25.6 Å². The number of nitrogens with one attached hydrogen (secondary N) is 1. The Hall–Kier alpha value is -2.72. The summed E-state index contributed by atoms with van der Waals surface area (Å²) < 4.78 is 43.0. The molecule has 0 aliphatic rings. The Morgan fingerprint density at radius 1 is 1.20 bits per heavy atom. The summed E-state index contributed by atoms with van der Waals surface area (Å²) in [7, 11) is 1.28. The third-order valence-corrected chi connectivity index (χ3v) is 6.44. The van der Waals surface area contributed by atoms with E-state index in [0.717, 1.165) is 28.3 Å². The number of aryl methyl sites for hydroxylation is 1. The highest BCUT2D eigenvalue weighted by Crippen LogP contribution is 2.33. The first-order chi connectivity index (χ1) is 14.2. The van der Waals surface area contributed by atoms with Crippen LogP contribution in [-0.4, -0.2) is 24.0 Å². The van der Waals surface area contributed by atoms with Gasteiger partial charge in [-0.2, -0.15) is 13.2 Å². The predicted octanol–water partition coefficient (Wildman–Crippen LogP) is 5.23. The molecule has 1 atom stereocenters. The number of hydrogen-bond donors (Lipinski definition) is 1. The van der Waals surface area contributed by atoms with E-state index in [1.165, 1.54) is 30.6 Å². The van der Waals surface area contributed by atoms with Crippen LogP contribution in [0, 0.1) is 6.92 Å². The normalized spacial score (nSPS) is 12.4. The second kappa shape index (κ2) is 8.97. The quantitative estimate of drug-likeness (QED) is 0.518. The van der Waals surface area contributed by atoms with E-state index in [1.807, 2.05) is 17.5 Å². The fraction of sp³-hybridized carbons (Fsp3) is 0.250. The monoisotopic (exact) mass is 454 g/mol. The number of thiazole rings is 1. The molecular formula is C20H17F3N2O3S2. The molecule has 0 aliphatic heterocycles. The van der Waals surface area contributed by atoms with Gasteiger partial charge in [0.25, 0.3) is 5.91 Å². The van der Waals surface area contributed by atoms with Crippen LogP contribution in [0.3, 0.4) is 0 Å². The lowest BCUT2D eigenvalue weighted by Gasteiger charge is -2.16. The van der Waals surface area contributed by atoms with Gasteiger partial charge in [0, 0.05) is 10.4 Å². The summed E-state index contributed by atoms with van der Waals surface area (Å²) in [5.41, 5.74) is 0.189. The Morgan fingerprint density at radius 3 is 2.47 bits per heavy atom. The predicted molar refractivity (Wildman–Crippen MR) is 108 cm³/mol. The van der Waals surface area contributed by atoms with Crippen LogP contribution < -0.4 is 5.32 Å². The van der Waals surface area contributed by atoms with Gasteiger partial charge in [0.15, 0.2) is 0 Å². The lowest BCUT2D eigenvalue weighted by molar-refractivity contribution is -0.141. The highest BCUT2D eigenvalue weighted by Gasteiger charge is 2.30. The lowest BCUT2D eigenvalue weighted by atomic mass is 10.1. The molecule has 10 heteroatoms. The van der Waals surface area contributed by atoms with Gasteiger partial charge in [0.1, 0.15) is 9.88 Å². The molecule has 3 rings (SSSR count). The summed E-state index contributed by atoms with van der Waals surface area (Å²) in [6.45, 7) is 1.65. The Bertz CT molecular complexity index is 1030. The van der Waals surface area contributed by atoms with Crippen molar-refractivity contribution in [3.63, 3.8) is 0 Å². The average Bonchev–Trinajstić information content (AvgIpc) is 3.36. The minimum absolute atomic E-state index is 0.0215. The number of alkyl halides is 3. The van der Waals surface area contributed by atoms with Gasteiger partial charge in [0.05, 0.1) is 30.8 Å². The van der Waals surface area contributed by atoms with Crippen molar-refractivity contribution in [3.8, 4) is 10.6 Å². The number of methoxy groups -OCH3 is 1. The highest BCUT2D eigenvalue weighted by atomic mass is 32.1. The number of carbonyl (C=O) groups excluding carboxylic acids is 2. The molecule has 158 valence electrons. The summed E-state index contributed by atoms with van der Waals surface area (Å²) in [5, 5.41) is 5.10. The summed E-state index contributed by atoms with van der Waals surface area (Å²) >= 11 is 2.48. The minimum atomic E-state index is -4.42. The van der Waals surface area contributed by atoms with Gasteiger partial charge < -0.3 is 10.1 Å². The molecule has 0 bridgehead atoms. The molecule has 0 fully saturated rings. The molecule has 0 spiro atoms. The zero-order valence-electron chi connectivity index (χ0n) is 15.9. The number of carbonyl (C=O) groups is 2. The second-order valence-electron chi connectivity index (χ2n) is 6.33. The van der Waals surface area contributed by atoms with Crippen molar-refractivity contribution in [1.29, 1.82) is 0 Å². The van der Waals surface area contributed by atoms with E-state index in [1.54, 1.807) is 6.92 Å². The molecule has 30 heavy (non-hydrogen) atoms. The molecule has 0 saturated carbocycles. The first-order valence-corrected chi connectivity index (χ1v) is 10.4. The Labute approximate surface area is 178 Å². The van der Waals surface area contributed by atoms with E-state index in [9.17, 15) is 22.8 Å². The zero-order valence-corrected chi connectivity index (χ0v) is 17.6. The summed E-state index contributed by atoms with van der Waals surface area (Å²) in [4.78, 5) is 30.0. The maximum Gasteiger partial charge on any atom is 0.416 e. The van der Waals surface area contributed by atoms with E-state index in [0.29, 0.717) is 21.1 Å². The van der Waals surface area contributed by atoms with E-state index in [-0.39, 0.29) is 6.42 Å². The van der Waals surface area contributed by atoms with Crippen molar-refractivity contribution >= 4 is 34.6 Å². The van der Waals surface area contributed by atoms with Gasteiger partial charge >= 0.3 is 12.1 Å².